The third-order valence-corrected chi connectivity index (χ3v) is 1.75. The molecule has 0 saturated carbocycles. The molecule has 1 N–H and O–H groups in total. The molecule has 0 amide bonds. The van der Waals surface area contributed by atoms with E-state index in [0.29, 0.717) is 0 Å². The van der Waals surface area contributed by atoms with E-state index in [4.69, 9.17) is 0 Å². The third kappa shape index (κ3) is 0.736. The second-order valence-electron chi connectivity index (χ2n) is 2.37. The summed E-state index contributed by atoms with van der Waals surface area (Å²) in [6.45, 7) is 2.10. The molecule has 48 valence electrons. The van der Waals surface area contributed by atoms with Crippen molar-refractivity contribution in [2.24, 2.45) is 0 Å². The lowest BCUT2D eigenvalue weighted by atomic mass is 10.1. The van der Waals surface area contributed by atoms with Crippen LogP contribution >= 0.6 is 0 Å². The molecular formula is C8H11N. The molecule has 0 unspecified atom stereocenters. The van der Waals surface area contributed by atoms with Gasteiger partial charge in [-0.2, -0.15) is 0 Å². The highest BCUT2D eigenvalue weighted by Crippen LogP contribution is 2.12. The number of hydrogen-bond donors (Lipinski definition) is 1. The van der Waals surface area contributed by atoms with E-state index in [0.717, 1.165) is 13.1 Å². The van der Waals surface area contributed by atoms with Gasteiger partial charge in [0.25, 0.3) is 0 Å². The van der Waals surface area contributed by atoms with Crippen LogP contribution in [0.1, 0.15) is 12.6 Å². The quantitative estimate of drug-likeness (QED) is 0.549. The van der Waals surface area contributed by atoms with Gasteiger partial charge >= 0.3 is 0 Å². The van der Waals surface area contributed by atoms with Crippen LogP contribution < -0.4 is 5.32 Å². The molecular weight excluding hydrogens is 110 g/mol. The molecule has 0 saturated heterocycles. The number of hydrogen-bond acceptors (Lipinski definition) is 1. The lowest BCUT2D eigenvalue weighted by Crippen LogP contribution is -1.99. The van der Waals surface area contributed by atoms with Crippen LogP contribution in [0.4, 0.5) is 0 Å². The fourth-order valence-electron chi connectivity index (χ4n) is 1.23. The molecule has 1 heteroatoms. The summed E-state index contributed by atoms with van der Waals surface area (Å²) >= 11 is 0. The minimum atomic E-state index is 0. The Morgan fingerprint density at radius 2 is 1.67 bits per heavy atom. The summed E-state index contributed by atoms with van der Waals surface area (Å²) in [5.74, 6) is 0. The Balaban J connectivity index is 0.000000500. The summed E-state index contributed by atoms with van der Waals surface area (Å²) in [5, 5.41) is 3.29. The van der Waals surface area contributed by atoms with Crippen molar-refractivity contribution in [3.8, 4) is 0 Å². The molecule has 1 aliphatic heterocycles. The molecule has 1 nitrogen and oxygen atoms in total. The zero-order chi connectivity index (χ0) is 6.10. The summed E-state index contributed by atoms with van der Waals surface area (Å²) in [6, 6.07) is 8.53. The number of fused-ring (bicyclic) bond motifs is 1. The smallest absolute Gasteiger partial charge is 0.0211 e. The molecule has 0 spiro atoms. The first-order valence-corrected chi connectivity index (χ1v) is 3.24. The van der Waals surface area contributed by atoms with E-state index in [-0.39, 0.29) is 1.43 Å². The molecule has 0 aromatic heterocycles. The van der Waals surface area contributed by atoms with Gasteiger partial charge < -0.3 is 5.32 Å². The summed E-state index contributed by atoms with van der Waals surface area (Å²) in [4.78, 5) is 0. The van der Waals surface area contributed by atoms with Gasteiger partial charge in [-0.05, 0) is 11.1 Å². The van der Waals surface area contributed by atoms with Gasteiger partial charge in [-0.1, -0.05) is 24.3 Å². The highest BCUT2D eigenvalue weighted by atomic mass is 14.9. The fourth-order valence-corrected chi connectivity index (χ4v) is 1.23. The van der Waals surface area contributed by atoms with E-state index in [9.17, 15) is 0 Å². The Hall–Kier alpha value is -0.820. The Kier molecular flexibility index (Phi) is 1.03. The molecule has 9 heavy (non-hydrogen) atoms. The summed E-state index contributed by atoms with van der Waals surface area (Å²) < 4.78 is 0. The van der Waals surface area contributed by atoms with Crippen LogP contribution in [-0.4, -0.2) is 0 Å². The zero-order valence-corrected chi connectivity index (χ0v) is 5.22. The first-order valence-electron chi connectivity index (χ1n) is 3.24. The van der Waals surface area contributed by atoms with E-state index in [1.54, 1.807) is 0 Å². The summed E-state index contributed by atoms with van der Waals surface area (Å²) in [6.07, 6.45) is 0. The normalized spacial score (nSPS) is 15.6. The van der Waals surface area contributed by atoms with Crippen LogP contribution in [0, 0.1) is 0 Å². The van der Waals surface area contributed by atoms with Gasteiger partial charge in [-0.25, -0.2) is 0 Å². The number of rotatable bonds is 0. The minimum Gasteiger partial charge on any atom is -0.309 e. The van der Waals surface area contributed by atoms with Gasteiger partial charge in [-0.15, -0.1) is 0 Å². The van der Waals surface area contributed by atoms with Crippen LogP contribution in [0.2, 0.25) is 0 Å². The number of benzene rings is 1. The summed E-state index contributed by atoms with van der Waals surface area (Å²) in [5.41, 5.74) is 2.91. The van der Waals surface area contributed by atoms with Gasteiger partial charge in [0.2, 0.25) is 0 Å². The van der Waals surface area contributed by atoms with Gasteiger partial charge in [0.15, 0.2) is 0 Å². The van der Waals surface area contributed by atoms with Crippen LogP contribution in [-0.2, 0) is 13.1 Å². The molecule has 0 aliphatic carbocycles. The van der Waals surface area contributed by atoms with Crippen molar-refractivity contribution in [1.82, 2.24) is 5.32 Å². The van der Waals surface area contributed by atoms with E-state index >= 15 is 0 Å². The fraction of sp³-hybridized carbons (Fsp3) is 0.250. The largest absolute Gasteiger partial charge is 0.309 e. The van der Waals surface area contributed by atoms with Crippen molar-refractivity contribution in [3.63, 3.8) is 0 Å². The number of nitrogens with one attached hydrogen (secondary N) is 1. The van der Waals surface area contributed by atoms with Crippen molar-refractivity contribution in [3.05, 3.63) is 35.4 Å². The molecule has 1 aromatic carbocycles. The maximum absolute atomic E-state index is 3.29. The molecule has 0 bridgehead atoms. The lowest BCUT2D eigenvalue weighted by molar-refractivity contribution is 0.765. The SMILES string of the molecule is [HH].c1ccc2c(c1)CNC2. The predicted octanol–water partition coefficient (Wildman–Crippen LogP) is 1.54. The van der Waals surface area contributed by atoms with Crippen molar-refractivity contribution < 1.29 is 1.43 Å². The predicted molar refractivity (Wildman–Crippen MR) is 39.1 cm³/mol. The van der Waals surface area contributed by atoms with Crippen LogP contribution in [0.3, 0.4) is 0 Å². The Bertz CT molecular complexity index is 199. The first kappa shape index (κ1) is 5.00. The topological polar surface area (TPSA) is 12.0 Å². The van der Waals surface area contributed by atoms with Gasteiger partial charge in [0.1, 0.15) is 0 Å². The Morgan fingerprint density at radius 1 is 1.11 bits per heavy atom. The van der Waals surface area contributed by atoms with E-state index in [1.807, 2.05) is 0 Å². The molecule has 1 aliphatic rings. The van der Waals surface area contributed by atoms with Crippen molar-refractivity contribution in [1.29, 1.82) is 0 Å². The van der Waals surface area contributed by atoms with Crippen LogP contribution in [0.25, 0.3) is 0 Å². The lowest BCUT2D eigenvalue weighted by Gasteiger charge is -1.91. The molecule has 0 radical (unpaired) electrons. The molecule has 0 fully saturated rings. The molecule has 2 rings (SSSR count). The monoisotopic (exact) mass is 121 g/mol. The van der Waals surface area contributed by atoms with Gasteiger partial charge in [0.05, 0.1) is 0 Å². The zero-order valence-electron chi connectivity index (χ0n) is 5.22. The second-order valence-corrected chi connectivity index (χ2v) is 2.37. The standard InChI is InChI=1S/C8H9N.H2/c1-2-4-8-6-9-5-7(8)3-1;/h1-4,9H,5-6H2;1H. The Morgan fingerprint density at radius 3 is 2.22 bits per heavy atom. The van der Waals surface area contributed by atoms with Crippen molar-refractivity contribution in [2.45, 2.75) is 13.1 Å². The van der Waals surface area contributed by atoms with E-state index < -0.39 is 0 Å². The van der Waals surface area contributed by atoms with Crippen molar-refractivity contribution in [2.75, 3.05) is 0 Å². The summed E-state index contributed by atoms with van der Waals surface area (Å²) in [7, 11) is 0. The highest BCUT2D eigenvalue weighted by Gasteiger charge is 2.06. The third-order valence-electron chi connectivity index (χ3n) is 1.75. The minimum absolute atomic E-state index is 0. The van der Waals surface area contributed by atoms with Gasteiger partial charge in [0, 0.05) is 14.5 Å². The van der Waals surface area contributed by atoms with Crippen molar-refractivity contribution >= 4 is 0 Å². The average Bonchev–Trinajstić information content (AvgIpc) is 2.33. The van der Waals surface area contributed by atoms with Crippen LogP contribution in [0.5, 0.6) is 0 Å². The maximum Gasteiger partial charge on any atom is 0.0211 e. The average molecular weight is 121 g/mol. The molecule has 1 heterocycles. The van der Waals surface area contributed by atoms with Gasteiger partial charge in [-0.3, -0.25) is 0 Å². The molecule has 1 aromatic rings. The second kappa shape index (κ2) is 1.85. The first-order chi connectivity index (χ1) is 4.47. The maximum atomic E-state index is 3.29. The Labute approximate surface area is 56.2 Å². The highest BCUT2D eigenvalue weighted by molar-refractivity contribution is 5.29. The van der Waals surface area contributed by atoms with E-state index in [2.05, 4.69) is 29.6 Å². The van der Waals surface area contributed by atoms with Crippen LogP contribution in [0.15, 0.2) is 24.3 Å². The van der Waals surface area contributed by atoms with E-state index in [1.165, 1.54) is 11.1 Å². The molecule has 0 atom stereocenters.